The Balaban J connectivity index is 1.57. The quantitative estimate of drug-likeness (QED) is 0.759. The van der Waals surface area contributed by atoms with Crippen molar-refractivity contribution in [3.05, 3.63) is 71.9 Å². The Morgan fingerprint density at radius 3 is 2.68 bits per heavy atom. The van der Waals surface area contributed by atoms with Gasteiger partial charge in [0.1, 0.15) is 5.71 Å². The van der Waals surface area contributed by atoms with E-state index in [2.05, 4.69) is 15.4 Å². The molecule has 1 N–H and O–H groups in total. The fourth-order valence-corrected chi connectivity index (χ4v) is 3.18. The van der Waals surface area contributed by atoms with Gasteiger partial charge in [0.25, 0.3) is 5.91 Å². The Kier molecular flexibility index (Phi) is 4.85. The number of hydrazone groups is 1. The number of rotatable bonds is 4. The number of amides is 2. The highest BCUT2D eigenvalue weighted by molar-refractivity contribution is 6.44. The van der Waals surface area contributed by atoms with Gasteiger partial charge in [0.05, 0.1) is 17.7 Å². The lowest BCUT2D eigenvalue weighted by Crippen LogP contribution is -2.36. The Morgan fingerprint density at radius 2 is 1.86 bits per heavy atom. The van der Waals surface area contributed by atoms with Gasteiger partial charge in [-0.05, 0) is 24.6 Å². The third-order valence-electron chi connectivity index (χ3n) is 4.65. The van der Waals surface area contributed by atoms with Gasteiger partial charge in [-0.1, -0.05) is 48.5 Å². The van der Waals surface area contributed by atoms with Gasteiger partial charge in [-0.25, -0.2) is 5.01 Å². The zero-order valence-electron chi connectivity index (χ0n) is 15.6. The second kappa shape index (κ2) is 7.60. The monoisotopic (exact) mass is 372 g/mol. The highest BCUT2D eigenvalue weighted by Gasteiger charge is 2.25. The van der Waals surface area contributed by atoms with E-state index in [1.165, 1.54) is 5.01 Å². The maximum absolute atomic E-state index is 12.8. The first-order chi connectivity index (χ1) is 13.6. The lowest BCUT2D eigenvalue weighted by Gasteiger charge is -2.23. The minimum absolute atomic E-state index is 0.0807. The van der Waals surface area contributed by atoms with Crippen LogP contribution in [0.4, 0.5) is 5.69 Å². The third kappa shape index (κ3) is 3.76. The van der Waals surface area contributed by atoms with Crippen molar-refractivity contribution in [2.75, 3.05) is 5.32 Å². The Labute approximate surface area is 162 Å². The number of nitrogens with zero attached hydrogens (tertiary/aromatic N) is 3. The Bertz CT molecular complexity index is 1080. The van der Waals surface area contributed by atoms with Crippen molar-refractivity contribution in [2.24, 2.45) is 5.10 Å². The lowest BCUT2D eigenvalue weighted by atomic mass is 10.1. The summed E-state index contributed by atoms with van der Waals surface area (Å²) < 4.78 is 0. The van der Waals surface area contributed by atoms with Crippen molar-refractivity contribution in [1.82, 2.24) is 9.99 Å². The molecule has 4 rings (SSSR count). The molecule has 2 amide bonds. The molecule has 0 atom stereocenters. The third-order valence-corrected chi connectivity index (χ3v) is 4.65. The van der Waals surface area contributed by atoms with Crippen LogP contribution >= 0.6 is 0 Å². The minimum atomic E-state index is -0.304. The normalized spacial score (nSPS) is 14.1. The van der Waals surface area contributed by atoms with Gasteiger partial charge in [0, 0.05) is 23.9 Å². The molecule has 6 nitrogen and oxygen atoms in total. The first kappa shape index (κ1) is 17.9. The molecule has 0 saturated heterocycles. The summed E-state index contributed by atoms with van der Waals surface area (Å²) in [7, 11) is 0. The van der Waals surface area contributed by atoms with Crippen molar-refractivity contribution in [1.29, 1.82) is 0 Å². The number of aryl methyl sites for hydroxylation is 1. The summed E-state index contributed by atoms with van der Waals surface area (Å²) in [6, 6.07) is 19.2. The van der Waals surface area contributed by atoms with Crippen molar-refractivity contribution in [2.45, 2.75) is 26.3 Å². The largest absolute Gasteiger partial charge is 0.319 e. The molecule has 2 aromatic carbocycles. The van der Waals surface area contributed by atoms with Crippen LogP contribution in [0.3, 0.4) is 0 Å². The molecule has 0 aliphatic carbocycles. The number of nitrogens with one attached hydrogen (secondary N) is 1. The molecule has 0 fully saturated rings. The van der Waals surface area contributed by atoms with Gasteiger partial charge in [-0.2, -0.15) is 5.10 Å². The summed E-state index contributed by atoms with van der Waals surface area (Å²) in [5.41, 5.74) is 3.57. The average Bonchev–Trinajstić information content (AvgIpc) is 2.71. The maximum Gasteiger partial charge on any atom is 0.271 e. The minimum Gasteiger partial charge on any atom is -0.319 e. The Hall–Kier alpha value is -3.54. The SMILES string of the molecule is Cc1ccc2cccc(NC(=O)C3=NN(Cc4ccccc4)C(=O)CC3)c2n1. The molecule has 0 spiro atoms. The van der Waals surface area contributed by atoms with Crippen LogP contribution in [0.1, 0.15) is 24.1 Å². The summed E-state index contributed by atoms with van der Waals surface area (Å²) >= 11 is 0. The number of benzene rings is 2. The Morgan fingerprint density at radius 1 is 1.04 bits per heavy atom. The van der Waals surface area contributed by atoms with Crippen LogP contribution in [0, 0.1) is 6.92 Å². The number of para-hydroxylation sites is 1. The predicted octanol–water partition coefficient (Wildman–Crippen LogP) is 3.66. The predicted molar refractivity (Wildman–Crippen MR) is 109 cm³/mol. The molecular weight excluding hydrogens is 352 g/mol. The van der Waals surface area contributed by atoms with Crippen molar-refractivity contribution < 1.29 is 9.59 Å². The molecule has 0 bridgehead atoms. The number of carbonyl (C=O) groups is 2. The number of anilines is 1. The zero-order chi connectivity index (χ0) is 19.5. The van der Waals surface area contributed by atoms with E-state index in [4.69, 9.17) is 0 Å². The summed E-state index contributed by atoms with van der Waals surface area (Å²) in [6.45, 7) is 2.27. The van der Waals surface area contributed by atoms with Gasteiger partial charge in [0.15, 0.2) is 0 Å². The van der Waals surface area contributed by atoms with Crippen LogP contribution < -0.4 is 5.32 Å². The highest BCUT2D eigenvalue weighted by Crippen LogP contribution is 2.22. The van der Waals surface area contributed by atoms with E-state index in [0.717, 1.165) is 22.2 Å². The van der Waals surface area contributed by atoms with E-state index < -0.39 is 0 Å². The van der Waals surface area contributed by atoms with Gasteiger partial charge in [0.2, 0.25) is 5.91 Å². The molecule has 1 aromatic heterocycles. The van der Waals surface area contributed by atoms with Gasteiger partial charge in [-0.3, -0.25) is 14.6 Å². The number of pyridine rings is 1. The molecule has 0 unspecified atom stereocenters. The van der Waals surface area contributed by atoms with Crippen molar-refractivity contribution in [3.8, 4) is 0 Å². The number of hydrogen-bond donors (Lipinski definition) is 1. The molecule has 2 heterocycles. The summed E-state index contributed by atoms with van der Waals surface area (Å²) in [5.74, 6) is -0.385. The molecule has 3 aromatic rings. The van der Waals surface area contributed by atoms with Crippen LogP contribution in [0.15, 0.2) is 65.8 Å². The van der Waals surface area contributed by atoms with Gasteiger partial charge < -0.3 is 5.32 Å². The van der Waals surface area contributed by atoms with Crippen LogP contribution in [-0.2, 0) is 16.1 Å². The van der Waals surface area contributed by atoms with Crippen LogP contribution in [0.2, 0.25) is 0 Å². The highest BCUT2D eigenvalue weighted by atomic mass is 16.2. The van der Waals surface area contributed by atoms with Crippen molar-refractivity contribution in [3.63, 3.8) is 0 Å². The number of carbonyl (C=O) groups excluding carboxylic acids is 2. The topological polar surface area (TPSA) is 74.7 Å². The van der Waals surface area contributed by atoms with E-state index in [0.29, 0.717) is 24.4 Å². The van der Waals surface area contributed by atoms with Crippen LogP contribution in [0.25, 0.3) is 10.9 Å². The molecular formula is C22H20N4O2. The number of fused-ring (bicyclic) bond motifs is 1. The molecule has 140 valence electrons. The van der Waals surface area contributed by atoms with E-state index in [-0.39, 0.29) is 18.2 Å². The smallest absolute Gasteiger partial charge is 0.271 e. The van der Waals surface area contributed by atoms with Gasteiger partial charge >= 0.3 is 0 Å². The fraction of sp³-hybridized carbons (Fsp3) is 0.182. The molecule has 0 radical (unpaired) electrons. The summed E-state index contributed by atoms with van der Waals surface area (Å²) in [5, 5.41) is 9.56. The second-order valence-corrected chi connectivity index (χ2v) is 6.77. The van der Waals surface area contributed by atoms with E-state index >= 15 is 0 Å². The molecule has 1 aliphatic rings. The van der Waals surface area contributed by atoms with Gasteiger partial charge in [-0.15, -0.1) is 0 Å². The summed E-state index contributed by atoms with van der Waals surface area (Å²) in [4.78, 5) is 29.5. The molecule has 6 heteroatoms. The first-order valence-electron chi connectivity index (χ1n) is 9.19. The molecule has 0 saturated carbocycles. The fourth-order valence-electron chi connectivity index (χ4n) is 3.18. The lowest BCUT2D eigenvalue weighted by molar-refractivity contribution is -0.132. The van der Waals surface area contributed by atoms with E-state index in [9.17, 15) is 9.59 Å². The number of hydrogen-bond acceptors (Lipinski definition) is 4. The molecule has 1 aliphatic heterocycles. The van der Waals surface area contributed by atoms with Crippen LogP contribution in [-0.4, -0.2) is 27.5 Å². The number of aromatic nitrogens is 1. The second-order valence-electron chi connectivity index (χ2n) is 6.77. The summed E-state index contributed by atoms with van der Waals surface area (Å²) in [6.07, 6.45) is 0.596. The first-order valence-corrected chi connectivity index (χ1v) is 9.19. The zero-order valence-corrected chi connectivity index (χ0v) is 15.6. The van der Waals surface area contributed by atoms with Crippen LogP contribution in [0.5, 0.6) is 0 Å². The van der Waals surface area contributed by atoms with Crippen molar-refractivity contribution >= 4 is 34.1 Å². The van der Waals surface area contributed by atoms with E-state index in [1.54, 1.807) is 0 Å². The molecule has 28 heavy (non-hydrogen) atoms. The standard InChI is InChI=1S/C22H20N4O2/c1-15-10-11-17-8-5-9-18(21(17)23-15)24-22(28)19-12-13-20(27)26(25-19)14-16-6-3-2-4-7-16/h2-11H,12-14H2,1H3,(H,24,28). The average molecular weight is 372 g/mol. The maximum atomic E-state index is 12.8. The van der Waals surface area contributed by atoms with E-state index in [1.807, 2.05) is 67.6 Å².